The van der Waals surface area contributed by atoms with E-state index >= 15 is 0 Å². The second-order valence-electron chi connectivity index (χ2n) is 5.26. The lowest BCUT2D eigenvalue weighted by Gasteiger charge is -2.06. The molecule has 2 heterocycles. The van der Waals surface area contributed by atoms with Crippen molar-refractivity contribution in [2.75, 3.05) is 5.32 Å². The molecule has 0 radical (unpaired) electrons. The number of nitrogens with one attached hydrogen (secondary N) is 1. The van der Waals surface area contributed by atoms with Crippen LogP contribution in [0.3, 0.4) is 0 Å². The van der Waals surface area contributed by atoms with Gasteiger partial charge in [-0.1, -0.05) is 53.6 Å². The second kappa shape index (κ2) is 5.92. The Balaban J connectivity index is 1.51. The summed E-state index contributed by atoms with van der Waals surface area (Å²) in [5, 5.41) is 16.2. The highest BCUT2D eigenvalue weighted by molar-refractivity contribution is 5.81. The lowest BCUT2D eigenvalue weighted by atomic mass is 10.2. The van der Waals surface area contributed by atoms with Crippen LogP contribution in [0, 0.1) is 0 Å². The van der Waals surface area contributed by atoms with Gasteiger partial charge in [0, 0.05) is 17.5 Å². The highest BCUT2D eigenvalue weighted by atomic mass is 16.3. The molecule has 1 N–H and O–H groups in total. The quantitative estimate of drug-likeness (QED) is 0.613. The van der Waals surface area contributed by atoms with Crippen molar-refractivity contribution in [1.29, 1.82) is 0 Å². The summed E-state index contributed by atoms with van der Waals surface area (Å²) in [6.07, 6.45) is 1.77. The molecule has 0 aliphatic heterocycles. The van der Waals surface area contributed by atoms with E-state index in [4.69, 9.17) is 4.42 Å². The van der Waals surface area contributed by atoms with E-state index in [1.807, 2.05) is 42.5 Å². The number of hydrogen-bond donors (Lipinski definition) is 1. The van der Waals surface area contributed by atoms with E-state index in [0.717, 1.165) is 22.1 Å². The van der Waals surface area contributed by atoms with Gasteiger partial charge < -0.3 is 9.73 Å². The summed E-state index contributed by atoms with van der Waals surface area (Å²) in [5.41, 5.74) is 3.11. The Morgan fingerprint density at radius 2 is 1.83 bits per heavy atom. The van der Waals surface area contributed by atoms with E-state index in [9.17, 15) is 0 Å². The molecule has 0 spiro atoms. The molecule has 2 aromatic carbocycles. The topological polar surface area (TPSA) is 68.8 Å². The third-order valence-corrected chi connectivity index (χ3v) is 3.71. The fourth-order valence-electron chi connectivity index (χ4n) is 2.54. The van der Waals surface area contributed by atoms with E-state index in [-0.39, 0.29) is 0 Å². The first kappa shape index (κ1) is 13.5. The van der Waals surface area contributed by atoms with Crippen LogP contribution in [0.25, 0.3) is 11.0 Å². The first-order valence-corrected chi connectivity index (χ1v) is 7.39. The summed E-state index contributed by atoms with van der Waals surface area (Å²) in [6, 6.07) is 18.1. The summed E-state index contributed by atoms with van der Waals surface area (Å²) in [5.74, 6) is 0.638. The van der Waals surface area contributed by atoms with E-state index in [1.54, 1.807) is 10.9 Å². The van der Waals surface area contributed by atoms with E-state index in [0.29, 0.717) is 19.0 Å². The highest BCUT2D eigenvalue weighted by Gasteiger charge is 2.09. The maximum atomic E-state index is 5.55. The molecule has 6 nitrogen and oxygen atoms in total. The number of fused-ring (bicyclic) bond motifs is 1. The second-order valence-corrected chi connectivity index (χ2v) is 5.26. The zero-order valence-electron chi connectivity index (χ0n) is 12.4. The van der Waals surface area contributed by atoms with Crippen molar-refractivity contribution in [3.63, 3.8) is 0 Å². The van der Waals surface area contributed by atoms with Crippen LogP contribution in [-0.4, -0.2) is 20.2 Å². The fraction of sp³-hybridized carbons (Fsp3) is 0.118. The average Bonchev–Trinajstić information content (AvgIpc) is 3.21. The molecular formula is C17H15N5O. The minimum atomic E-state index is 0.603. The van der Waals surface area contributed by atoms with Crippen LogP contribution in [0.5, 0.6) is 0 Å². The summed E-state index contributed by atoms with van der Waals surface area (Å²) in [7, 11) is 0. The largest absolute Gasteiger partial charge is 0.464 e. The number of para-hydroxylation sites is 1. The molecule has 2 aromatic heterocycles. The monoisotopic (exact) mass is 305 g/mol. The maximum Gasteiger partial charge on any atom is 0.243 e. The van der Waals surface area contributed by atoms with Crippen LogP contribution < -0.4 is 5.32 Å². The molecule has 4 rings (SSSR count). The van der Waals surface area contributed by atoms with Crippen molar-refractivity contribution >= 4 is 16.9 Å². The summed E-state index contributed by atoms with van der Waals surface area (Å²) >= 11 is 0. The molecule has 0 aliphatic carbocycles. The lowest BCUT2D eigenvalue weighted by molar-refractivity contribution is 0.611. The van der Waals surface area contributed by atoms with Crippen LogP contribution in [0.4, 0.5) is 5.95 Å². The highest BCUT2D eigenvalue weighted by Crippen LogP contribution is 2.21. The maximum absolute atomic E-state index is 5.55. The molecule has 4 aromatic rings. The molecule has 0 saturated heterocycles. The molecule has 114 valence electrons. The van der Waals surface area contributed by atoms with Gasteiger partial charge in [-0.15, -0.1) is 0 Å². The molecule has 23 heavy (non-hydrogen) atoms. The van der Waals surface area contributed by atoms with E-state index in [1.165, 1.54) is 0 Å². The normalized spacial score (nSPS) is 11.0. The Labute approximate surface area is 132 Å². The minimum Gasteiger partial charge on any atom is -0.464 e. The van der Waals surface area contributed by atoms with Gasteiger partial charge in [-0.2, -0.15) is 0 Å². The lowest BCUT2D eigenvalue weighted by Crippen LogP contribution is -2.09. The number of tetrazole rings is 1. The van der Waals surface area contributed by atoms with Crippen molar-refractivity contribution < 1.29 is 4.42 Å². The smallest absolute Gasteiger partial charge is 0.243 e. The molecule has 6 heteroatoms. The van der Waals surface area contributed by atoms with Gasteiger partial charge in [-0.3, -0.25) is 0 Å². The molecule has 0 bridgehead atoms. The molecule has 0 fully saturated rings. The van der Waals surface area contributed by atoms with E-state index < -0.39 is 0 Å². The van der Waals surface area contributed by atoms with Crippen molar-refractivity contribution in [3.05, 3.63) is 72.0 Å². The van der Waals surface area contributed by atoms with E-state index in [2.05, 4.69) is 33.0 Å². The Kier molecular flexibility index (Phi) is 3.48. The van der Waals surface area contributed by atoms with Gasteiger partial charge in [-0.25, -0.2) is 4.68 Å². The van der Waals surface area contributed by atoms with Crippen LogP contribution in [-0.2, 0) is 13.1 Å². The SMILES string of the molecule is c1ccc(Cn2nnnc2NCc2coc3ccccc23)cc1. The molecule has 0 unspecified atom stereocenters. The first-order valence-electron chi connectivity index (χ1n) is 7.39. The number of nitrogens with zero attached hydrogens (tertiary/aromatic N) is 4. The number of rotatable bonds is 5. The molecule has 0 amide bonds. The molecular weight excluding hydrogens is 290 g/mol. The van der Waals surface area contributed by atoms with Crippen molar-refractivity contribution in [2.24, 2.45) is 0 Å². The van der Waals surface area contributed by atoms with Gasteiger partial charge in [0.15, 0.2) is 0 Å². The Morgan fingerprint density at radius 1 is 1.00 bits per heavy atom. The van der Waals surface area contributed by atoms with Gasteiger partial charge in [0.05, 0.1) is 12.8 Å². The van der Waals surface area contributed by atoms with Gasteiger partial charge in [0.1, 0.15) is 5.58 Å². The van der Waals surface area contributed by atoms with Crippen molar-refractivity contribution in [3.8, 4) is 0 Å². The molecule has 0 saturated carbocycles. The van der Waals surface area contributed by atoms with Crippen LogP contribution >= 0.6 is 0 Å². The number of aromatic nitrogens is 4. The number of benzene rings is 2. The zero-order chi connectivity index (χ0) is 15.5. The predicted octanol–water partition coefficient (Wildman–Crippen LogP) is 3.08. The first-order chi connectivity index (χ1) is 11.4. The summed E-state index contributed by atoms with van der Waals surface area (Å²) in [6.45, 7) is 1.23. The van der Waals surface area contributed by atoms with Gasteiger partial charge >= 0.3 is 0 Å². The fourth-order valence-corrected chi connectivity index (χ4v) is 2.54. The predicted molar refractivity (Wildman–Crippen MR) is 86.9 cm³/mol. The summed E-state index contributed by atoms with van der Waals surface area (Å²) < 4.78 is 7.29. The Hall–Kier alpha value is -3.15. The Bertz CT molecular complexity index is 913. The average molecular weight is 305 g/mol. The van der Waals surface area contributed by atoms with Gasteiger partial charge in [0.25, 0.3) is 0 Å². The van der Waals surface area contributed by atoms with Gasteiger partial charge in [0.2, 0.25) is 5.95 Å². The molecule has 0 aliphatic rings. The number of furan rings is 1. The number of hydrogen-bond acceptors (Lipinski definition) is 5. The standard InChI is InChI=1S/C17H15N5O/c1-2-6-13(7-3-1)11-22-17(19-20-21-22)18-10-14-12-23-16-9-5-4-8-15(14)16/h1-9,12H,10-11H2,(H,18,19,21). The number of anilines is 1. The third-order valence-electron chi connectivity index (χ3n) is 3.71. The Morgan fingerprint density at radius 3 is 2.74 bits per heavy atom. The molecule has 0 atom stereocenters. The summed E-state index contributed by atoms with van der Waals surface area (Å²) in [4.78, 5) is 0. The van der Waals surface area contributed by atoms with Crippen molar-refractivity contribution in [1.82, 2.24) is 20.2 Å². The van der Waals surface area contributed by atoms with Crippen molar-refractivity contribution in [2.45, 2.75) is 13.1 Å². The van der Waals surface area contributed by atoms with Gasteiger partial charge in [-0.05, 0) is 22.1 Å². The minimum absolute atomic E-state index is 0.603. The zero-order valence-corrected chi connectivity index (χ0v) is 12.4. The van der Waals surface area contributed by atoms with Crippen LogP contribution in [0.2, 0.25) is 0 Å². The van der Waals surface area contributed by atoms with Crippen LogP contribution in [0.1, 0.15) is 11.1 Å². The third kappa shape index (κ3) is 2.78. The van der Waals surface area contributed by atoms with Crippen LogP contribution in [0.15, 0.2) is 65.3 Å².